The van der Waals surface area contributed by atoms with E-state index in [2.05, 4.69) is 0 Å². The normalized spacial score (nSPS) is 16.6. The van der Waals surface area contributed by atoms with Crippen molar-refractivity contribution in [3.05, 3.63) is 29.3 Å². The van der Waals surface area contributed by atoms with Gasteiger partial charge in [0.2, 0.25) is 22.3 Å². The first kappa shape index (κ1) is 18.5. The molecule has 1 atom stereocenters. The molecular formula is C15H20ClN3O4S. The summed E-state index contributed by atoms with van der Waals surface area (Å²) in [4.78, 5) is 26.6. The minimum atomic E-state index is -3.65. The first-order valence-corrected chi connectivity index (χ1v) is 9.70. The Morgan fingerprint density at radius 2 is 1.75 bits per heavy atom. The topological polar surface area (TPSA) is 78.0 Å². The van der Waals surface area contributed by atoms with Gasteiger partial charge in [0.05, 0.1) is 11.9 Å². The summed E-state index contributed by atoms with van der Waals surface area (Å²) < 4.78 is 25.5. The van der Waals surface area contributed by atoms with Crippen molar-refractivity contribution in [3.8, 4) is 0 Å². The summed E-state index contributed by atoms with van der Waals surface area (Å²) in [7, 11) is -3.65. The smallest absolute Gasteiger partial charge is 0.246 e. The Labute approximate surface area is 146 Å². The van der Waals surface area contributed by atoms with Crippen molar-refractivity contribution in [1.29, 1.82) is 0 Å². The van der Waals surface area contributed by atoms with Crippen LogP contribution in [0.4, 0.5) is 5.69 Å². The standard InChI is InChI=1S/C15H20ClN3O4S/c1-12(15(21)18-9-7-17(11-20)8-10-18)19(24(2,22)23)14-5-3-13(16)4-6-14/h3-6,11-12H,7-10H2,1-2H3/t12-/m0/s1. The molecular weight excluding hydrogens is 354 g/mol. The number of hydrogen-bond acceptors (Lipinski definition) is 4. The van der Waals surface area contributed by atoms with Crippen LogP contribution < -0.4 is 4.31 Å². The Balaban J connectivity index is 2.22. The predicted octanol–water partition coefficient (Wildman–Crippen LogP) is 0.795. The van der Waals surface area contributed by atoms with Crippen molar-refractivity contribution >= 4 is 39.6 Å². The van der Waals surface area contributed by atoms with E-state index < -0.39 is 16.1 Å². The van der Waals surface area contributed by atoms with Crippen LogP contribution in [-0.2, 0) is 19.6 Å². The Kier molecular flexibility index (Phi) is 5.71. The maximum atomic E-state index is 12.7. The molecule has 0 aliphatic carbocycles. The molecule has 0 unspecified atom stereocenters. The number of nitrogens with zero attached hydrogens (tertiary/aromatic N) is 3. The van der Waals surface area contributed by atoms with Crippen LogP contribution in [-0.4, -0.2) is 69.0 Å². The summed E-state index contributed by atoms with van der Waals surface area (Å²) >= 11 is 5.85. The van der Waals surface area contributed by atoms with Gasteiger partial charge in [0, 0.05) is 31.2 Å². The number of sulfonamides is 1. The molecule has 1 heterocycles. The molecule has 24 heavy (non-hydrogen) atoms. The highest BCUT2D eigenvalue weighted by Crippen LogP contribution is 2.24. The lowest BCUT2D eigenvalue weighted by Crippen LogP contribution is -2.55. The molecule has 0 saturated carbocycles. The van der Waals surface area contributed by atoms with Gasteiger partial charge in [-0.05, 0) is 31.2 Å². The number of rotatable bonds is 5. The van der Waals surface area contributed by atoms with E-state index in [1.807, 2.05) is 0 Å². The van der Waals surface area contributed by atoms with Crippen LogP contribution in [0.25, 0.3) is 0 Å². The van der Waals surface area contributed by atoms with Crippen LogP contribution in [0.2, 0.25) is 5.02 Å². The molecule has 2 rings (SSSR count). The Hall–Kier alpha value is -1.80. The second-order valence-corrected chi connectivity index (χ2v) is 7.97. The van der Waals surface area contributed by atoms with Crippen LogP contribution in [0.15, 0.2) is 24.3 Å². The third-order valence-corrected chi connectivity index (χ3v) is 5.42. The highest BCUT2D eigenvalue weighted by molar-refractivity contribution is 7.92. The molecule has 1 saturated heterocycles. The lowest BCUT2D eigenvalue weighted by Gasteiger charge is -2.36. The van der Waals surface area contributed by atoms with E-state index in [9.17, 15) is 18.0 Å². The maximum Gasteiger partial charge on any atom is 0.246 e. The fourth-order valence-corrected chi connectivity index (χ4v) is 4.00. The summed E-state index contributed by atoms with van der Waals surface area (Å²) in [5.74, 6) is -0.291. The van der Waals surface area contributed by atoms with Crippen molar-refractivity contribution in [3.63, 3.8) is 0 Å². The summed E-state index contributed by atoms with van der Waals surface area (Å²) in [5.41, 5.74) is 0.384. The van der Waals surface area contributed by atoms with Gasteiger partial charge in [-0.25, -0.2) is 8.42 Å². The summed E-state index contributed by atoms with van der Waals surface area (Å²) in [6.07, 6.45) is 1.82. The molecule has 0 bridgehead atoms. The van der Waals surface area contributed by atoms with Crippen LogP contribution in [0, 0.1) is 0 Å². The molecule has 0 spiro atoms. The largest absolute Gasteiger partial charge is 0.342 e. The fraction of sp³-hybridized carbons (Fsp3) is 0.467. The van der Waals surface area contributed by atoms with Gasteiger partial charge in [-0.15, -0.1) is 0 Å². The number of halogens is 1. The number of carbonyl (C=O) groups is 2. The van der Waals surface area contributed by atoms with E-state index >= 15 is 0 Å². The number of piperazine rings is 1. The molecule has 7 nitrogen and oxygen atoms in total. The van der Waals surface area contributed by atoms with E-state index in [0.29, 0.717) is 36.9 Å². The SMILES string of the molecule is C[C@@H](C(=O)N1CCN(C=O)CC1)N(c1ccc(Cl)cc1)S(C)(=O)=O. The highest BCUT2D eigenvalue weighted by Gasteiger charge is 2.33. The van der Waals surface area contributed by atoms with E-state index in [1.54, 1.807) is 41.0 Å². The Morgan fingerprint density at radius 1 is 1.21 bits per heavy atom. The summed E-state index contributed by atoms with van der Waals surface area (Å²) in [5, 5.41) is 0.483. The second kappa shape index (κ2) is 7.40. The lowest BCUT2D eigenvalue weighted by molar-refractivity contribution is -0.135. The fourth-order valence-electron chi connectivity index (χ4n) is 2.70. The number of benzene rings is 1. The molecule has 9 heteroatoms. The van der Waals surface area contributed by atoms with Crippen molar-refractivity contribution in [1.82, 2.24) is 9.80 Å². The number of amides is 2. The lowest BCUT2D eigenvalue weighted by atomic mass is 10.2. The molecule has 132 valence electrons. The molecule has 1 fully saturated rings. The predicted molar refractivity (Wildman–Crippen MR) is 92.5 cm³/mol. The van der Waals surface area contributed by atoms with E-state index in [0.717, 1.165) is 17.0 Å². The number of anilines is 1. The number of carbonyl (C=O) groups excluding carboxylic acids is 2. The highest BCUT2D eigenvalue weighted by atomic mass is 35.5. The molecule has 1 aliphatic heterocycles. The van der Waals surface area contributed by atoms with E-state index in [1.165, 1.54) is 0 Å². The Bertz CT molecular complexity index is 700. The molecule has 0 aromatic heterocycles. The van der Waals surface area contributed by atoms with Crippen molar-refractivity contribution < 1.29 is 18.0 Å². The molecule has 2 amide bonds. The van der Waals surface area contributed by atoms with E-state index in [-0.39, 0.29) is 5.91 Å². The van der Waals surface area contributed by atoms with Gasteiger partial charge in [-0.2, -0.15) is 0 Å². The van der Waals surface area contributed by atoms with Gasteiger partial charge in [-0.3, -0.25) is 13.9 Å². The van der Waals surface area contributed by atoms with Crippen LogP contribution in [0.3, 0.4) is 0 Å². The van der Waals surface area contributed by atoms with Crippen LogP contribution in [0.1, 0.15) is 6.92 Å². The monoisotopic (exact) mass is 373 g/mol. The average Bonchev–Trinajstić information content (AvgIpc) is 2.55. The van der Waals surface area contributed by atoms with Crippen molar-refractivity contribution in [2.75, 3.05) is 36.7 Å². The van der Waals surface area contributed by atoms with Gasteiger partial charge in [0.1, 0.15) is 6.04 Å². The van der Waals surface area contributed by atoms with Crippen molar-refractivity contribution in [2.24, 2.45) is 0 Å². The zero-order valence-corrected chi connectivity index (χ0v) is 15.1. The molecule has 0 radical (unpaired) electrons. The van der Waals surface area contributed by atoms with Gasteiger partial charge in [0.25, 0.3) is 0 Å². The second-order valence-electron chi connectivity index (χ2n) is 5.68. The minimum Gasteiger partial charge on any atom is -0.342 e. The zero-order valence-electron chi connectivity index (χ0n) is 13.6. The average molecular weight is 374 g/mol. The Morgan fingerprint density at radius 3 is 2.21 bits per heavy atom. The summed E-state index contributed by atoms with van der Waals surface area (Å²) in [6.45, 7) is 3.23. The van der Waals surface area contributed by atoms with Gasteiger partial charge < -0.3 is 9.80 Å². The quantitative estimate of drug-likeness (QED) is 0.715. The van der Waals surface area contributed by atoms with Crippen molar-refractivity contribution in [2.45, 2.75) is 13.0 Å². The molecule has 0 N–H and O–H groups in total. The zero-order chi connectivity index (χ0) is 17.9. The van der Waals surface area contributed by atoms with Gasteiger partial charge in [0.15, 0.2) is 0 Å². The third kappa shape index (κ3) is 4.18. The van der Waals surface area contributed by atoms with E-state index in [4.69, 9.17) is 11.6 Å². The number of hydrogen-bond donors (Lipinski definition) is 0. The maximum absolute atomic E-state index is 12.7. The first-order chi connectivity index (χ1) is 11.2. The molecule has 1 aromatic rings. The summed E-state index contributed by atoms with van der Waals surface area (Å²) in [6, 6.07) is 5.41. The third-order valence-electron chi connectivity index (χ3n) is 3.92. The van der Waals surface area contributed by atoms with Crippen LogP contribution >= 0.6 is 11.6 Å². The molecule has 1 aromatic carbocycles. The van der Waals surface area contributed by atoms with Gasteiger partial charge >= 0.3 is 0 Å². The van der Waals surface area contributed by atoms with Gasteiger partial charge in [-0.1, -0.05) is 11.6 Å². The minimum absolute atomic E-state index is 0.291. The van der Waals surface area contributed by atoms with Crippen LogP contribution in [0.5, 0.6) is 0 Å². The first-order valence-electron chi connectivity index (χ1n) is 7.47. The molecule has 1 aliphatic rings.